The molecule has 4 atom stereocenters. The molecule has 6 N–H and O–H groups in total. The van der Waals surface area contributed by atoms with E-state index < -0.39 is 24.2 Å². The number of hydrogen-bond donors (Lipinski definition) is 6. The van der Waals surface area contributed by atoms with E-state index in [1.54, 1.807) is 14.1 Å². The van der Waals surface area contributed by atoms with Gasteiger partial charge in [-0.05, 0) is 79.3 Å². The summed E-state index contributed by atoms with van der Waals surface area (Å²) in [7, 11) is 6.21. The van der Waals surface area contributed by atoms with Crippen molar-refractivity contribution < 1.29 is 28.8 Å². The van der Waals surface area contributed by atoms with Crippen molar-refractivity contribution in [3.8, 4) is 0 Å². The first-order chi connectivity index (χ1) is 31.0. The van der Waals surface area contributed by atoms with Crippen LogP contribution in [-0.2, 0) is 28.8 Å². The first-order valence-electron chi connectivity index (χ1n) is 25.7. The summed E-state index contributed by atoms with van der Waals surface area (Å²) >= 11 is 0. The Hall–Kier alpha value is -2.16. The number of amides is 4. The SMILES string of the molecule is CCCCCCCCCCCCCC(=O)NCCCC[C@H](NC)C(=O)N[C@@H](CSSC[C@H](NC(=O)[C@H](CCCCNC(=O)CCCCCCCCCCCCC)NC)C(C)=O)C(C)=O. The lowest BCUT2D eigenvalue weighted by Crippen LogP contribution is -2.50. The summed E-state index contributed by atoms with van der Waals surface area (Å²) in [5.41, 5.74) is 0. The Kier molecular flexibility index (Phi) is 43.2. The summed E-state index contributed by atoms with van der Waals surface area (Å²) in [6.45, 7) is 8.56. The van der Waals surface area contributed by atoms with Gasteiger partial charge in [-0.3, -0.25) is 28.8 Å². The number of likely N-dealkylation sites (N-methyl/N-ethyl adjacent to an activating group) is 2. The Labute approximate surface area is 399 Å². The molecule has 374 valence electrons. The maximum absolute atomic E-state index is 13.1. The van der Waals surface area contributed by atoms with Crippen LogP contribution in [0.25, 0.3) is 0 Å². The van der Waals surface area contributed by atoms with E-state index in [1.807, 2.05) is 0 Å². The van der Waals surface area contributed by atoms with Crippen LogP contribution in [0, 0.1) is 0 Å². The highest BCUT2D eigenvalue weighted by molar-refractivity contribution is 8.76. The monoisotopic (exact) mass is 941 g/mol. The van der Waals surface area contributed by atoms with Gasteiger partial charge in [-0.25, -0.2) is 0 Å². The van der Waals surface area contributed by atoms with Crippen molar-refractivity contribution in [3.63, 3.8) is 0 Å². The predicted molar refractivity (Wildman–Crippen MR) is 272 cm³/mol. The molecule has 0 aliphatic rings. The summed E-state index contributed by atoms with van der Waals surface area (Å²) in [5.74, 6) is 0.00878. The van der Waals surface area contributed by atoms with Gasteiger partial charge in [0.15, 0.2) is 11.6 Å². The van der Waals surface area contributed by atoms with Crippen molar-refractivity contribution in [3.05, 3.63) is 0 Å². The van der Waals surface area contributed by atoms with Gasteiger partial charge in [0, 0.05) is 37.4 Å². The van der Waals surface area contributed by atoms with Gasteiger partial charge in [0.2, 0.25) is 23.6 Å². The lowest BCUT2D eigenvalue weighted by molar-refractivity contribution is -0.127. The van der Waals surface area contributed by atoms with Gasteiger partial charge < -0.3 is 31.9 Å². The van der Waals surface area contributed by atoms with Crippen molar-refractivity contribution in [1.29, 1.82) is 0 Å². The quantitative estimate of drug-likeness (QED) is 0.0255. The zero-order chi connectivity index (χ0) is 47.5. The van der Waals surface area contributed by atoms with Crippen molar-refractivity contribution in [2.45, 2.75) is 244 Å². The van der Waals surface area contributed by atoms with Gasteiger partial charge in [-0.2, -0.15) is 0 Å². The summed E-state index contributed by atoms with van der Waals surface area (Å²) in [6, 6.07) is -2.31. The number of unbranched alkanes of at least 4 members (excludes halogenated alkanes) is 22. The Morgan fingerprint density at radius 2 is 0.688 bits per heavy atom. The number of carbonyl (C=O) groups excluding carboxylic acids is 6. The molecule has 0 aliphatic heterocycles. The highest BCUT2D eigenvalue weighted by atomic mass is 33.1. The lowest BCUT2D eigenvalue weighted by Gasteiger charge is -2.22. The summed E-state index contributed by atoms with van der Waals surface area (Å²) in [4.78, 5) is 75.7. The Morgan fingerprint density at radius 1 is 0.391 bits per heavy atom. The van der Waals surface area contributed by atoms with Crippen LogP contribution in [0.15, 0.2) is 0 Å². The zero-order valence-corrected chi connectivity index (χ0v) is 43.3. The van der Waals surface area contributed by atoms with E-state index in [0.29, 0.717) is 50.3 Å². The normalized spacial score (nSPS) is 13.2. The number of carbonyl (C=O) groups is 6. The molecule has 0 aromatic heterocycles. The lowest BCUT2D eigenvalue weighted by atomic mass is 10.1. The van der Waals surface area contributed by atoms with Crippen molar-refractivity contribution in [2.24, 2.45) is 0 Å². The summed E-state index contributed by atoms with van der Waals surface area (Å²) in [5, 5.41) is 17.9. The van der Waals surface area contributed by atoms with Gasteiger partial charge in [-0.15, -0.1) is 0 Å². The van der Waals surface area contributed by atoms with E-state index in [0.717, 1.165) is 51.4 Å². The van der Waals surface area contributed by atoms with E-state index in [9.17, 15) is 28.8 Å². The smallest absolute Gasteiger partial charge is 0.237 e. The standard InChI is InChI=1S/C50H96N6O6S2/c1-7-9-11-13-15-17-19-21-23-25-27-35-47(59)53-37-31-29-33-43(51-5)49(61)55-45(41(3)57)39-63-64-40-46(42(4)58)56-50(62)44(52-6)34-30-32-38-54-48(60)36-28-26-24-22-20-18-16-14-12-10-8-2/h43-46,51-52H,7-40H2,1-6H3,(H,53,59)(H,54,60)(H,55,61)(H,56,62)/t43-,44-,45-,46-/m0/s1. The van der Waals surface area contributed by atoms with E-state index >= 15 is 0 Å². The van der Waals surface area contributed by atoms with Crippen LogP contribution in [-0.4, -0.2) is 98.1 Å². The minimum atomic E-state index is -0.691. The fourth-order valence-electron chi connectivity index (χ4n) is 7.59. The number of hydrogen-bond acceptors (Lipinski definition) is 10. The van der Waals surface area contributed by atoms with Crippen LogP contribution >= 0.6 is 21.6 Å². The van der Waals surface area contributed by atoms with Crippen LogP contribution in [0.3, 0.4) is 0 Å². The van der Waals surface area contributed by atoms with Gasteiger partial charge in [0.25, 0.3) is 0 Å². The van der Waals surface area contributed by atoms with Crippen LogP contribution < -0.4 is 31.9 Å². The molecule has 0 aromatic rings. The topological polar surface area (TPSA) is 175 Å². The molecule has 0 saturated carbocycles. The molecule has 0 spiro atoms. The molecule has 0 radical (unpaired) electrons. The summed E-state index contributed by atoms with van der Waals surface area (Å²) in [6.07, 6.45) is 32.9. The minimum Gasteiger partial charge on any atom is -0.356 e. The molecule has 0 aromatic carbocycles. The molecule has 0 bridgehead atoms. The predicted octanol–water partition coefficient (Wildman–Crippen LogP) is 9.67. The van der Waals surface area contributed by atoms with E-state index in [4.69, 9.17) is 0 Å². The second-order valence-electron chi connectivity index (χ2n) is 17.9. The molecule has 12 nitrogen and oxygen atoms in total. The van der Waals surface area contributed by atoms with Crippen LogP contribution in [0.4, 0.5) is 0 Å². The first kappa shape index (κ1) is 61.8. The number of ketones is 2. The Morgan fingerprint density at radius 3 is 0.969 bits per heavy atom. The third-order valence-corrected chi connectivity index (χ3v) is 14.4. The Bertz CT molecular complexity index is 1120. The Balaban J connectivity index is 4.31. The third-order valence-electron chi connectivity index (χ3n) is 12.0. The van der Waals surface area contributed by atoms with E-state index in [1.165, 1.54) is 151 Å². The molecule has 0 unspecified atom stereocenters. The first-order valence-corrected chi connectivity index (χ1v) is 28.2. The van der Waals surface area contributed by atoms with Gasteiger partial charge in [-0.1, -0.05) is 164 Å². The maximum atomic E-state index is 13.1. The van der Waals surface area contributed by atoms with Crippen molar-refractivity contribution in [1.82, 2.24) is 31.9 Å². The molecule has 0 heterocycles. The minimum absolute atomic E-state index is 0.0898. The third kappa shape index (κ3) is 37.0. The molecule has 14 heteroatoms. The van der Waals surface area contributed by atoms with Crippen molar-refractivity contribution in [2.75, 3.05) is 38.7 Å². The molecule has 64 heavy (non-hydrogen) atoms. The average molecular weight is 941 g/mol. The number of nitrogens with one attached hydrogen (secondary N) is 6. The van der Waals surface area contributed by atoms with Crippen LogP contribution in [0.5, 0.6) is 0 Å². The second kappa shape index (κ2) is 44.7. The molecule has 4 amide bonds. The molecule has 0 fully saturated rings. The van der Waals surface area contributed by atoms with Gasteiger partial charge >= 0.3 is 0 Å². The highest BCUT2D eigenvalue weighted by Crippen LogP contribution is 2.24. The molecule has 0 saturated heterocycles. The highest BCUT2D eigenvalue weighted by Gasteiger charge is 2.25. The molecule has 0 aliphatic carbocycles. The number of Topliss-reactive ketones (excluding diaryl/α,β-unsaturated/α-hetero) is 2. The zero-order valence-electron chi connectivity index (χ0n) is 41.6. The molecule has 0 rings (SSSR count). The van der Waals surface area contributed by atoms with Gasteiger partial charge in [0.1, 0.15) is 0 Å². The van der Waals surface area contributed by atoms with E-state index in [2.05, 4.69) is 45.7 Å². The second-order valence-corrected chi connectivity index (χ2v) is 20.4. The van der Waals surface area contributed by atoms with Crippen molar-refractivity contribution >= 4 is 56.8 Å². The maximum Gasteiger partial charge on any atom is 0.237 e. The van der Waals surface area contributed by atoms with Crippen LogP contribution in [0.2, 0.25) is 0 Å². The summed E-state index contributed by atoms with van der Waals surface area (Å²) < 4.78 is 0. The average Bonchev–Trinajstić information content (AvgIpc) is 3.27. The molecular formula is C50H96N6O6S2. The largest absolute Gasteiger partial charge is 0.356 e. The van der Waals surface area contributed by atoms with Crippen LogP contribution in [0.1, 0.15) is 220 Å². The fraction of sp³-hybridized carbons (Fsp3) is 0.880. The number of rotatable bonds is 47. The van der Waals surface area contributed by atoms with Gasteiger partial charge in [0.05, 0.1) is 24.2 Å². The molecular weight excluding hydrogens is 845 g/mol. The van der Waals surface area contributed by atoms with E-state index in [-0.39, 0.29) is 35.2 Å². The fourth-order valence-corrected chi connectivity index (χ4v) is 10.1.